The second-order valence-electron chi connectivity index (χ2n) is 6.13. The maximum atomic E-state index is 12.8. The van der Waals surface area contributed by atoms with Crippen LogP contribution in [0, 0.1) is 11.8 Å². The van der Waals surface area contributed by atoms with Crippen LogP contribution in [-0.4, -0.2) is 67.9 Å². The van der Waals surface area contributed by atoms with E-state index in [-0.39, 0.29) is 18.1 Å². The third-order valence-corrected chi connectivity index (χ3v) is 4.72. The Hall–Kier alpha value is -1.67. The first-order valence-corrected chi connectivity index (χ1v) is 8.03. The number of rotatable bonds is 4. The standard InChI is InChI=1S/C15H22N2O6/c1-9(18)21-8-22-15(20)13-11-3-2-10(23-11)12(13)14(19)17-6-4-16-5-7-17/h10-13,16H,2-8H2,1H3. The number of hydrogen-bond acceptors (Lipinski definition) is 7. The number of carbonyl (C=O) groups excluding carboxylic acids is 3. The summed E-state index contributed by atoms with van der Waals surface area (Å²) in [6, 6.07) is 0. The lowest BCUT2D eigenvalue weighted by molar-refractivity contribution is -0.172. The van der Waals surface area contributed by atoms with E-state index in [2.05, 4.69) is 10.1 Å². The van der Waals surface area contributed by atoms with E-state index in [0.29, 0.717) is 13.1 Å². The van der Waals surface area contributed by atoms with E-state index < -0.39 is 30.6 Å². The van der Waals surface area contributed by atoms with Gasteiger partial charge in [-0.15, -0.1) is 0 Å². The lowest BCUT2D eigenvalue weighted by Gasteiger charge is -2.33. The summed E-state index contributed by atoms with van der Waals surface area (Å²) in [5, 5.41) is 3.20. The van der Waals surface area contributed by atoms with E-state index in [1.54, 1.807) is 4.90 Å². The van der Waals surface area contributed by atoms with Gasteiger partial charge in [0.25, 0.3) is 0 Å². The molecule has 0 aliphatic carbocycles. The molecular formula is C15H22N2O6. The van der Waals surface area contributed by atoms with E-state index >= 15 is 0 Å². The van der Waals surface area contributed by atoms with Gasteiger partial charge in [0.05, 0.1) is 24.0 Å². The van der Waals surface area contributed by atoms with Crippen LogP contribution in [0.2, 0.25) is 0 Å². The number of esters is 2. The van der Waals surface area contributed by atoms with Gasteiger partial charge in [0.1, 0.15) is 0 Å². The van der Waals surface area contributed by atoms with E-state index in [0.717, 1.165) is 25.9 Å². The first-order chi connectivity index (χ1) is 11.1. The minimum atomic E-state index is -0.605. The molecule has 1 amide bonds. The Morgan fingerprint density at radius 3 is 2.39 bits per heavy atom. The maximum absolute atomic E-state index is 12.8. The van der Waals surface area contributed by atoms with Crippen molar-refractivity contribution in [2.45, 2.75) is 32.0 Å². The van der Waals surface area contributed by atoms with Crippen LogP contribution in [-0.2, 0) is 28.6 Å². The lowest BCUT2D eigenvalue weighted by atomic mass is 9.78. The van der Waals surface area contributed by atoms with Gasteiger partial charge < -0.3 is 24.4 Å². The Bertz CT molecular complexity index is 490. The number of ether oxygens (including phenoxy) is 3. The average molecular weight is 326 g/mol. The number of carbonyl (C=O) groups is 3. The van der Waals surface area contributed by atoms with E-state index in [1.807, 2.05) is 0 Å². The molecule has 3 aliphatic heterocycles. The predicted molar refractivity (Wildman–Crippen MR) is 77.0 cm³/mol. The first kappa shape index (κ1) is 16.2. The molecule has 8 nitrogen and oxygen atoms in total. The smallest absolute Gasteiger partial charge is 0.315 e. The summed E-state index contributed by atoms with van der Waals surface area (Å²) in [5.41, 5.74) is 0. The average Bonchev–Trinajstić information content (AvgIpc) is 3.15. The van der Waals surface area contributed by atoms with Gasteiger partial charge in [0.2, 0.25) is 12.7 Å². The van der Waals surface area contributed by atoms with E-state index in [4.69, 9.17) is 9.47 Å². The molecule has 0 aromatic heterocycles. The molecule has 0 aromatic rings. The molecule has 1 N–H and O–H groups in total. The van der Waals surface area contributed by atoms with Gasteiger partial charge in [-0.2, -0.15) is 0 Å². The summed E-state index contributed by atoms with van der Waals surface area (Å²) in [6.07, 6.45) is 1.06. The van der Waals surface area contributed by atoms with Crippen LogP contribution in [0.25, 0.3) is 0 Å². The van der Waals surface area contributed by atoms with Gasteiger partial charge in [-0.25, -0.2) is 0 Å². The minimum Gasteiger partial charge on any atom is -0.428 e. The summed E-state index contributed by atoms with van der Waals surface area (Å²) in [6.45, 7) is 3.62. The van der Waals surface area contributed by atoms with Crippen molar-refractivity contribution in [3.63, 3.8) is 0 Å². The molecule has 3 saturated heterocycles. The highest BCUT2D eigenvalue weighted by atomic mass is 16.7. The molecule has 23 heavy (non-hydrogen) atoms. The predicted octanol–water partition coefficient (Wildman–Crippen LogP) is -0.724. The summed E-state index contributed by atoms with van der Waals surface area (Å²) >= 11 is 0. The molecule has 0 saturated carbocycles. The number of nitrogens with zero attached hydrogens (tertiary/aromatic N) is 1. The second-order valence-corrected chi connectivity index (χ2v) is 6.13. The number of nitrogens with one attached hydrogen (secondary N) is 1. The topological polar surface area (TPSA) is 94.2 Å². The van der Waals surface area contributed by atoms with Crippen LogP contribution in [0.5, 0.6) is 0 Å². The Balaban J connectivity index is 1.65. The van der Waals surface area contributed by atoms with Crippen LogP contribution >= 0.6 is 0 Å². The van der Waals surface area contributed by atoms with Crippen LogP contribution in [0.1, 0.15) is 19.8 Å². The Morgan fingerprint density at radius 2 is 1.74 bits per heavy atom. The van der Waals surface area contributed by atoms with Crippen molar-refractivity contribution >= 4 is 17.8 Å². The zero-order valence-corrected chi connectivity index (χ0v) is 13.2. The van der Waals surface area contributed by atoms with E-state index in [1.165, 1.54) is 6.92 Å². The first-order valence-electron chi connectivity index (χ1n) is 8.03. The molecule has 4 atom stereocenters. The highest BCUT2D eigenvalue weighted by Crippen LogP contribution is 2.44. The van der Waals surface area contributed by atoms with Crippen LogP contribution in [0.15, 0.2) is 0 Å². The van der Waals surface area contributed by atoms with Crippen molar-refractivity contribution in [3.8, 4) is 0 Å². The minimum absolute atomic E-state index is 0.0341. The second kappa shape index (κ2) is 6.84. The lowest BCUT2D eigenvalue weighted by Crippen LogP contribution is -2.52. The van der Waals surface area contributed by atoms with Crippen molar-refractivity contribution in [2.75, 3.05) is 33.0 Å². The molecule has 0 radical (unpaired) electrons. The molecule has 0 aromatic carbocycles. The van der Waals surface area contributed by atoms with Crippen molar-refractivity contribution in [3.05, 3.63) is 0 Å². The fourth-order valence-electron chi connectivity index (χ4n) is 3.65. The van der Waals surface area contributed by atoms with Gasteiger partial charge >= 0.3 is 11.9 Å². The summed E-state index contributed by atoms with van der Waals surface area (Å²) in [5.74, 6) is -2.17. The highest BCUT2D eigenvalue weighted by molar-refractivity contribution is 5.87. The molecule has 3 aliphatic rings. The largest absolute Gasteiger partial charge is 0.428 e. The Kier molecular flexibility index (Phi) is 4.82. The SMILES string of the molecule is CC(=O)OCOC(=O)C1C2CCC(O2)C1C(=O)N1CCNCC1. The zero-order chi connectivity index (χ0) is 16.4. The zero-order valence-electron chi connectivity index (χ0n) is 13.2. The van der Waals surface area contributed by atoms with Gasteiger partial charge in [-0.1, -0.05) is 0 Å². The van der Waals surface area contributed by atoms with Crippen LogP contribution in [0.3, 0.4) is 0 Å². The van der Waals surface area contributed by atoms with E-state index in [9.17, 15) is 14.4 Å². The summed E-state index contributed by atoms with van der Waals surface area (Å²) < 4.78 is 15.4. The van der Waals surface area contributed by atoms with Crippen molar-refractivity contribution in [1.82, 2.24) is 10.2 Å². The fraction of sp³-hybridized carbons (Fsp3) is 0.800. The molecular weight excluding hydrogens is 304 g/mol. The molecule has 2 bridgehead atoms. The molecule has 4 unspecified atom stereocenters. The normalized spacial score (nSPS) is 32.7. The van der Waals surface area contributed by atoms with Gasteiger partial charge in [-0.05, 0) is 12.8 Å². The van der Waals surface area contributed by atoms with Gasteiger partial charge in [0, 0.05) is 33.1 Å². The fourth-order valence-corrected chi connectivity index (χ4v) is 3.65. The van der Waals surface area contributed by atoms with Crippen molar-refractivity contribution < 1.29 is 28.6 Å². The van der Waals surface area contributed by atoms with Gasteiger partial charge in [-0.3, -0.25) is 14.4 Å². The monoisotopic (exact) mass is 326 g/mol. The van der Waals surface area contributed by atoms with Crippen LogP contribution < -0.4 is 5.32 Å². The molecule has 128 valence electrons. The Labute approximate surface area is 134 Å². The molecule has 0 spiro atoms. The van der Waals surface area contributed by atoms with Gasteiger partial charge in [0.15, 0.2) is 0 Å². The van der Waals surface area contributed by atoms with Crippen molar-refractivity contribution in [2.24, 2.45) is 11.8 Å². The molecule has 3 heterocycles. The Morgan fingerprint density at radius 1 is 1.09 bits per heavy atom. The maximum Gasteiger partial charge on any atom is 0.315 e. The summed E-state index contributed by atoms with van der Waals surface area (Å²) in [7, 11) is 0. The molecule has 3 rings (SSSR count). The summed E-state index contributed by atoms with van der Waals surface area (Å²) in [4.78, 5) is 37.7. The third-order valence-electron chi connectivity index (χ3n) is 4.72. The van der Waals surface area contributed by atoms with Crippen LogP contribution in [0.4, 0.5) is 0 Å². The number of fused-ring (bicyclic) bond motifs is 2. The highest BCUT2D eigenvalue weighted by Gasteiger charge is 2.56. The number of piperazine rings is 1. The van der Waals surface area contributed by atoms with Crippen molar-refractivity contribution in [1.29, 1.82) is 0 Å². The third kappa shape index (κ3) is 3.32. The number of hydrogen-bond donors (Lipinski definition) is 1. The number of amides is 1. The molecule has 8 heteroatoms. The molecule has 3 fully saturated rings. The quantitative estimate of drug-likeness (QED) is 0.538.